The molecule has 0 bridgehead atoms. The summed E-state index contributed by atoms with van der Waals surface area (Å²) in [4.78, 5) is 7.76. The topological polar surface area (TPSA) is 66.2 Å². The van der Waals surface area contributed by atoms with Crippen LogP contribution in [0.3, 0.4) is 0 Å². The minimum atomic E-state index is -0.194. The van der Waals surface area contributed by atoms with Gasteiger partial charge in [0.1, 0.15) is 16.5 Å². The van der Waals surface area contributed by atoms with Crippen LogP contribution in [0, 0.1) is 0 Å². The zero-order valence-corrected chi connectivity index (χ0v) is 9.22. The molecule has 0 saturated carbocycles. The van der Waals surface area contributed by atoms with E-state index in [-0.39, 0.29) is 23.6 Å². The molecule has 1 heterocycles. The molecule has 0 amide bonds. The van der Waals surface area contributed by atoms with Gasteiger partial charge in [0.25, 0.3) is 0 Å². The highest BCUT2D eigenvalue weighted by Gasteiger charge is 2.12. The van der Waals surface area contributed by atoms with Crippen molar-refractivity contribution in [2.24, 2.45) is 0 Å². The van der Waals surface area contributed by atoms with Crippen LogP contribution in [0.15, 0.2) is 11.4 Å². The molecule has 0 aliphatic heterocycles. The third kappa shape index (κ3) is 2.81. The molecule has 0 radical (unpaired) electrons. The molecule has 0 spiro atoms. The summed E-state index contributed by atoms with van der Waals surface area (Å²) in [7, 11) is 0. The van der Waals surface area contributed by atoms with Gasteiger partial charge in [0.05, 0.1) is 13.2 Å². The van der Waals surface area contributed by atoms with Gasteiger partial charge in [-0.15, -0.1) is 11.8 Å². The average Bonchev–Trinajstić information content (AvgIpc) is 2.18. The van der Waals surface area contributed by atoms with Crippen LogP contribution < -0.4 is 0 Å². The first-order valence-corrected chi connectivity index (χ1v) is 5.32. The fourth-order valence-electron chi connectivity index (χ4n) is 0.838. The zero-order chi connectivity index (χ0) is 10.6. The van der Waals surface area contributed by atoms with Crippen molar-refractivity contribution in [1.29, 1.82) is 0 Å². The Labute approximate surface area is 91.3 Å². The van der Waals surface area contributed by atoms with Crippen LogP contribution in [0.1, 0.15) is 12.5 Å². The maximum Gasteiger partial charge on any atom is 0.139 e. The third-order valence-electron chi connectivity index (χ3n) is 1.58. The molecular weight excluding hydrogens is 224 g/mol. The van der Waals surface area contributed by atoms with E-state index >= 15 is 0 Å². The molecule has 6 heteroatoms. The van der Waals surface area contributed by atoms with Crippen molar-refractivity contribution in [3.8, 4) is 0 Å². The molecule has 1 unspecified atom stereocenters. The second-order valence-corrected chi connectivity index (χ2v) is 4.50. The third-order valence-corrected chi connectivity index (χ3v) is 3.03. The molecule has 78 valence electrons. The summed E-state index contributed by atoms with van der Waals surface area (Å²) in [6, 6.07) is 0. The minimum Gasteiger partial charge on any atom is -0.395 e. The number of hydrogen-bond acceptors (Lipinski definition) is 5. The minimum absolute atomic E-state index is 0.0197. The number of hydrogen-bond donors (Lipinski definition) is 2. The molecule has 1 atom stereocenters. The monoisotopic (exact) mass is 234 g/mol. The van der Waals surface area contributed by atoms with E-state index in [9.17, 15) is 0 Å². The first-order chi connectivity index (χ1) is 6.69. The van der Waals surface area contributed by atoms with Crippen LogP contribution in [-0.2, 0) is 6.61 Å². The molecule has 0 aliphatic carbocycles. The van der Waals surface area contributed by atoms with E-state index in [0.717, 1.165) is 0 Å². The molecule has 0 fully saturated rings. The van der Waals surface area contributed by atoms with Gasteiger partial charge < -0.3 is 10.2 Å². The molecule has 4 nitrogen and oxygen atoms in total. The van der Waals surface area contributed by atoms with Gasteiger partial charge in [0.15, 0.2) is 0 Å². The Kier molecular flexibility index (Phi) is 4.60. The fraction of sp³-hybridized carbons (Fsp3) is 0.500. The van der Waals surface area contributed by atoms with Crippen LogP contribution in [0.2, 0.25) is 5.15 Å². The largest absolute Gasteiger partial charge is 0.395 e. The standard InChI is InChI=1S/C8H11ClN2O2S/c1-5(2-12)14-8-6(3-13)7(9)10-4-11-8/h4-5,12-13H,2-3H2,1H3. The predicted molar refractivity (Wildman–Crippen MR) is 55.4 cm³/mol. The van der Waals surface area contributed by atoms with E-state index in [1.807, 2.05) is 6.92 Å². The van der Waals surface area contributed by atoms with Crippen molar-refractivity contribution < 1.29 is 10.2 Å². The number of thioether (sulfide) groups is 1. The molecule has 0 aliphatic rings. The Balaban J connectivity index is 2.90. The Morgan fingerprint density at radius 2 is 2.21 bits per heavy atom. The lowest BCUT2D eigenvalue weighted by molar-refractivity contribution is 0.277. The first kappa shape index (κ1) is 11.7. The van der Waals surface area contributed by atoms with Crippen molar-refractivity contribution in [2.75, 3.05) is 6.61 Å². The molecule has 1 aromatic heterocycles. The van der Waals surface area contributed by atoms with E-state index in [4.69, 9.17) is 21.8 Å². The molecule has 1 rings (SSSR count). The first-order valence-electron chi connectivity index (χ1n) is 4.06. The number of rotatable bonds is 4. The highest BCUT2D eigenvalue weighted by molar-refractivity contribution is 7.99. The lowest BCUT2D eigenvalue weighted by Gasteiger charge is -2.10. The summed E-state index contributed by atoms with van der Waals surface area (Å²) in [5, 5.41) is 18.8. The summed E-state index contributed by atoms with van der Waals surface area (Å²) in [5.74, 6) is 0. The van der Waals surface area contributed by atoms with Crippen LogP contribution in [-0.4, -0.2) is 32.0 Å². The summed E-state index contributed by atoms with van der Waals surface area (Å²) in [6.45, 7) is 1.72. The Morgan fingerprint density at radius 1 is 1.50 bits per heavy atom. The van der Waals surface area contributed by atoms with Gasteiger partial charge in [-0.2, -0.15) is 0 Å². The van der Waals surface area contributed by atoms with E-state index < -0.39 is 0 Å². The molecule has 1 aromatic rings. The molecule has 14 heavy (non-hydrogen) atoms. The maximum atomic E-state index is 9.04. The van der Waals surface area contributed by atoms with Gasteiger partial charge in [0, 0.05) is 10.8 Å². The molecular formula is C8H11ClN2O2S. The van der Waals surface area contributed by atoms with E-state index in [0.29, 0.717) is 10.6 Å². The second kappa shape index (κ2) is 5.50. The Hall–Kier alpha value is -0.360. The smallest absolute Gasteiger partial charge is 0.139 e. The lowest BCUT2D eigenvalue weighted by Crippen LogP contribution is -2.04. The normalized spacial score (nSPS) is 12.9. The molecule has 0 saturated heterocycles. The number of aliphatic hydroxyl groups is 2. The number of aliphatic hydroxyl groups excluding tert-OH is 2. The summed E-state index contributed by atoms with van der Waals surface area (Å²) < 4.78 is 0. The highest BCUT2D eigenvalue weighted by atomic mass is 35.5. The average molecular weight is 235 g/mol. The summed E-state index contributed by atoms with van der Waals surface area (Å²) in [5.41, 5.74) is 0.513. The van der Waals surface area contributed by atoms with Crippen molar-refractivity contribution >= 4 is 23.4 Å². The fourth-order valence-corrected chi connectivity index (χ4v) is 1.95. The van der Waals surface area contributed by atoms with E-state index in [1.54, 1.807) is 0 Å². The van der Waals surface area contributed by atoms with Gasteiger partial charge in [-0.3, -0.25) is 0 Å². The highest BCUT2D eigenvalue weighted by Crippen LogP contribution is 2.27. The second-order valence-electron chi connectivity index (χ2n) is 2.72. The Bertz CT molecular complexity index is 311. The maximum absolute atomic E-state index is 9.04. The molecule has 2 N–H and O–H groups in total. The lowest BCUT2D eigenvalue weighted by atomic mass is 10.4. The van der Waals surface area contributed by atoms with Crippen LogP contribution >= 0.6 is 23.4 Å². The zero-order valence-electron chi connectivity index (χ0n) is 7.64. The predicted octanol–water partition coefficient (Wildman–Crippen LogP) is 1.10. The van der Waals surface area contributed by atoms with E-state index in [2.05, 4.69) is 9.97 Å². The SMILES string of the molecule is CC(CO)Sc1ncnc(Cl)c1CO. The van der Waals surface area contributed by atoms with Crippen LogP contribution in [0.5, 0.6) is 0 Å². The van der Waals surface area contributed by atoms with Gasteiger partial charge >= 0.3 is 0 Å². The molecule has 0 aromatic carbocycles. The quantitative estimate of drug-likeness (QED) is 0.603. The van der Waals surface area contributed by atoms with Crippen molar-refractivity contribution in [1.82, 2.24) is 9.97 Å². The van der Waals surface area contributed by atoms with Gasteiger partial charge in [-0.05, 0) is 0 Å². The van der Waals surface area contributed by atoms with Crippen molar-refractivity contribution in [3.63, 3.8) is 0 Å². The summed E-state index contributed by atoms with van der Waals surface area (Å²) in [6.07, 6.45) is 1.34. The van der Waals surface area contributed by atoms with Crippen molar-refractivity contribution in [2.45, 2.75) is 23.8 Å². The Morgan fingerprint density at radius 3 is 2.79 bits per heavy atom. The van der Waals surface area contributed by atoms with E-state index in [1.165, 1.54) is 18.1 Å². The van der Waals surface area contributed by atoms with Gasteiger partial charge in [-0.1, -0.05) is 18.5 Å². The number of nitrogens with zero attached hydrogens (tertiary/aromatic N) is 2. The van der Waals surface area contributed by atoms with Crippen LogP contribution in [0.4, 0.5) is 0 Å². The van der Waals surface area contributed by atoms with Gasteiger partial charge in [-0.25, -0.2) is 9.97 Å². The number of aromatic nitrogens is 2. The van der Waals surface area contributed by atoms with Crippen molar-refractivity contribution in [3.05, 3.63) is 17.0 Å². The van der Waals surface area contributed by atoms with Gasteiger partial charge in [0.2, 0.25) is 0 Å². The number of halogens is 1. The van der Waals surface area contributed by atoms with Crippen LogP contribution in [0.25, 0.3) is 0 Å². The summed E-state index contributed by atoms with van der Waals surface area (Å²) >= 11 is 7.13.